The first-order valence-electron chi connectivity index (χ1n) is 7.52. The molecule has 1 aliphatic carbocycles. The summed E-state index contributed by atoms with van der Waals surface area (Å²) >= 11 is 0. The Bertz CT molecular complexity index is 395. The van der Waals surface area contributed by atoms with E-state index in [4.69, 9.17) is 11.5 Å². The van der Waals surface area contributed by atoms with Crippen molar-refractivity contribution in [2.75, 3.05) is 5.73 Å². The van der Waals surface area contributed by atoms with Gasteiger partial charge in [-0.15, -0.1) is 0 Å². The standard InChI is InChI=1S/C16H27N3/c1-11(2)13-3-5-14(6-4-13)15(17)9-12-7-8-19-16(18)10-12/h7-8,10-11,13-15H,3-6,9,17H2,1-2H3,(H2,18,19). The van der Waals surface area contributed by atoms with Crippen LogP contribution in [-0.4, -0.2) is 11.0 Å². The molecular formula is C16H27N3. The molecule has 0 bridgehead atoms. The van der Waals surface area contributed by atoms with Crippen molar-refractivity contribution in [3.63, 3.8) is 0 Å². The smallest absolute Gasteiger partial charge is 0.123 e. The van der Waals surface area contributed by atoms with Gasteiger partial charge in [0.25, 0.3) is 0 Å². The summed E-state index contributed by atoms with van der Waals surface area (Å²) < 4.78 is 0. The molecule has 1 unspecified atom stereocenters. The minimum absolute atomic E-state index is 0.259. The van der Waals surface area contributed by atoms with Gasteiger partial charge in [-0.05, 0) is 67.6 Å². The molecule has 1 atom stereocenters. The summed E-state index contributed by atoms with van der Waals surface area (Å²) in [6.07, 6.45) is 7.94. The van der Waals surface area contributed by atoms with Crippen molar-refractivity contribution in [1.82, 2.24) is 4.98 Å². The molecule has 0 amide bonds. The lowest BCUT2D eigenvalue weighted by atomic mass is 9.74. The molecule has 0 aromatic carbocycles. The molecule has 0 spiro atoms. The van der Waals surface area contributed by atoms with Crippen LogP contribution in [-0.2, 0) is 6.42 Å². The van der Waals surface area contributed by atoms with Gasteiger partial charge in [0.2, 0.25) is 0 Å². The molecule has 3 heteroatoms. The largest absolute Gasteiger partial charge is 0.384 e. The third-order valence-corrected chi connectivity index (χ3v) is 4.68. The highest BCUT2D eigenvalue weighted by molar-refractivity contribution is 5.32. The van der Waals surface area contributed by atoms with E-state index in [0.29, 0.717) is 11.7 Å². The Kier molecular flexibility index (Phi) is 4.81. The van der Waals surface area contributed by atoms with Crippen molar-refractivity contribution in [3.8, 4) is 0 Å². The molecule has 1 aromatic heterocycles. The Balaban J connectivity index is 1.86. The van der Waals surface area contributed by atoms with Crippen LogP contribution in [0.2, 0.25) is 0 Å². The first-order valence-corrected chi connectivity index (χ1v) is 7.52. The quantitative estimate of drug-likeness (QED) is 0.875. The van der Waals surface area contributed by atoms with E-state index in [0.717, 1.165) is 18.3 Å². The minimum Gasteiger partial charge on any atom is -0.384 e. The predicted molar refractivity (Wildman–Crippen MR) is 80.6 cm³/mol. The van der Waals surface area contributed by atoms with Gasteiger partial charge in [-0.1, -0.05) is 13.8 Å². The number of hydrogen-bond donors (Lipinski definition) is 2. The van der Waals surface area contributed by atoms with Crippen LogP contribution in [0.15, 0.2) is 18.3 Å². The minimum atomic E-state index is 0.259. The van der Waals surface area contributed by atoms with Crippen LogP contribution in [0.25, 0.3) is 0 Å². The Morgan fingerprint density at radius 2 is 1.84 bits per heavy atom. The number of pyridine rings is 1. The van der Waals surface area contributed by atoms with Gasteiger partial charge < -0.3 is 11.5 Å². The van der Waals surface area contributed by atoms with Crippen molar-refractivity contribution in [3.05, 3.63) is 23.9 Å². The van der Waals surface area contributed by atoms with Gasteiger partial charge >= 0.3 is 0 Å². The highest BCUT2D eigenvalue weighted by atomic mass is 14.8. The lowest BCUT2D eigenvalue weighted by Crippen LogP contribution is -2.35. The summed E-state index contributed by atoms with van der Waals surface area (Å²) in [4.78, 5) is 4.03. The van der Waals surface area contributed by atoms with Crippen LogP contribution < -0.4 is 11.5 Å². The number of hydrogen-bond acceptors (Lipinski definition) is 3. The lowest BCUT2D eigenvalue weighted by Gasteiger charge is -2.34. The van der Waals surface area contributed by atoms with Gasteiger partial charge in [-0.2, -0.15) is 0 Å². The maximum Gasteiger partial charge on any atom is 0.123 e. The molecule has 19 heavy (non-hydrogen) atoms. The second kappa shape index (κ2) is 6.38. The predicted octanol–water partition coefficient (Wildman–Crippen LogP) is 3.00. The molecule has 2 rings (SSSR count). The van der Waals surface area contributed by atoms with Gasteiger partial charge in [0, 0.05) is 12.2 Å². The first-order chi connectivity index (χ1) is 9.06. The molecule has 1 saturated carbocycles. The number of aromatic nitrogens is 1. The van der Waals surface area contributed by atoms with E-state index in [2.05, 4.69) is 18.8 Å². The number of nitrogens with two attached hydrogens (primary N) is 2. The van der Waals surface area contributed by atoms with E-state index in [1.807, 2.05) is 12.1 Å². The van der Waals surface area contributed by atoms with E-state index >= 15 is 0 Å². The fourth-order valence-corrected chi connectivity index (χ4v) is 3.30. The third kappa shape index (κ3) is 3.93. The molecule has 0 saturated heterocycles. The molecule has 1 aromatic rings. The van der Waals surface area contributed by atoms with Gasteiger partial charge in [0.15, 0.2) is 0 Å². The van der Waals surface area contributed by atoms with Crippen LogP contribution in [0.3, 0.4) is 0 Å². The van der Waals surface area contributed by atoms with E-state index in [1.54, 1.807) is 6.20 Å². The van der Waals surface area contributed by atoms with E-state index in [1.165, 1.54) is 31.2 Å². The van der Waals surface area contributed by atoms with E-state index in [-0.39, 0.29) is 6.04 Å². The molecule has 3 nitrogen and oxygen atoms in total. The average Bonchev–Trinajstić information content (AvgIpc) is 2.39. The van der Waals surface area contributed by atoms with E-state index < -0.39 is 0 Å². The average molecular weight is 261 g/mol. The summed E-state index contributed by atoms with van der Waals surface area (Å²) in [6.45, 7) is 4.68. The number of rotatable bonds is 4. The van der Waals surface area contributed by atoms with Gasteiger partial charge in [-0.3, -0.25) is 0 Å². The molecular weight excluding hydrogens is 234 g/mol. The van der Waals surface area contributed by atoms with Crippen LogP contribution >= 0.6 is 0 Å². The van der Waals surface area contributed by atoms with Crippen molar-refractivity contribution in [2.45, 2.75) is 52.0 Å². The normalized spacial score (nSPS) is 25.5. The molecule has 0 aliphatic heterocycles. The molecule has 1 heterocycles. The van der Waals surface area contributed by atoms with E-state index in [9.17, 15) is 0 Å². The molecule has 4 N–H and O–H groups in total. The summed E-state index contributed by atoms with van der Waals surface area (Å²) in [7, 11) is 0. The summed E-state index contributed by atoms with van der Waals surface area (Å²) in [5, 5.41) is 0. The van der Waals surface area contributed by atoms with Crippen molar-refractivity contribution in [2.24, 2.45) is 23.5 Å². The second-order valence-corrected chi connectivity index (χ2v) is 6.38. The molecule has 106 valence electrons. The van der Waals surface area contributed by atoms with Crippen LogP contribution in [0, 0.1) is 17.8 Å². The second-order valence-electron chi connectivity index (χ2n) is 6.38. The number of nitrogen functional groups attached to an aromatic ring is 1. The zero-order chi connectivity index (χ0) is 13.8. The summed E-state index contributed by atoms with van der Waals surface area (Å²) in [5.41, 5.74) is 13.3. The van der Waals surface area contributed by atoms with Gasteiger partial charge in [-0.25, -0.2) is 4.98 Å². The fraction of sp³-hybridized carbons (Fsp3) is 0.688. The number of nitrogens with zero attached hydrogens (tertiary/aromatic N) is 1. The monoisotopic (exact) mass is 261 g/mol. The maximum absolute atomic E-state index is 6.39. The van der Waals surface area contributed by atoms with Gasteiger partial charge in [0.1, 0.15) is 5.82 Å². The van der Waals surface area contributed by atoms with Crippen molar-refractivity contribution < 1.29 is 0 Å². The van der Waals surface area contributed by atoms with Gasteiger partial charge in [0.05, 0.1) is 0 Å². The van der Waals surface area contributed by atoms with Crippen molar-refractivity contribution in [1.29, 1.82) is 0 Å². The van der Waals surface area contributed by atoms with Crippen LogP contribution in [0.4, 0.5) is 5.82 Å². The Morgan fingerprint density at radius 3 is 2.42 bits per heavy atom. The number of anilines is 1. The molecule has 1 aliphatic rings. The summed E-state index contributed by atoms with van der Waals surface area (Å²) in [5.74, 6) is 2.98. The molecule has 1 fully saturated rings. The maximum atomic E-state index is 6.39. The summed E-state index contributed by atoms with van der Waals surface area (Å²) in [6, 6.07) is 4.23. The van der Waals surface area contributed by atoms with Crippen LogP contribution in [0.5, 0.6) is 0 Å². The third-order valence-electron chi connectivity index (χ3n) is 4.68. The zero-order valence-corrected chi connectivity index (χ0v) is 12.2. The Morgan fingerprint density at radius 1 is 1.21 bits per heavy atom. The Hall–Kier alpha value is -1.09. The zero-order valence-electron chi connectivity index (χ0n) is 12.2. The van der Waals surface area contributed by atoms with Crippen LogP contribution in [0.1, 0.15) is 45.1 Å². The fourth-order valence-electron chi connectivity index (χ4n) is 3.30. The topological polar surface area (TPSA) is 64.9 Å². The highest BCUT2D eigenvalue weighted by Crippen LogP contribution is 2.34. The van der Waals surface area contributed by atoms with Crippen molar-refractivity contribution >= 4 is 5.82 Å². The lowest BCUT2D eigenvalue weighted by molar-refractivity contribution is 0.202. The highest BCUT2D eigenvalue weighted by Gasteiger charge is 2.26. The SMILES string of the molecule is CC(C)C1CCC(C(N)Cc2ccnc(N)c2)CC1. The Labute approximate surface area is 116 Å². The molecule has 0 radical (unpaired) electrons. The first kappa shape index (κ1) is 14.3.